The molecule has 0 spiro atoms. The summed E-state index contributed by atoms with van der Waals surface area (Å²) in [6, 6.07) is 0. The summed E-state index contributed by atoms with van der Waals surface area (Å²) < 4.78 is 0. The highest BCUT2D eigenvalue weighted by Gasteiger charge is 2.46. The SMILES string of the molecule is C1=C2NCCCC2C2CCC3CCCC3C2C1. The average molecular weight is 231 g/mol. The Morgan fingerprint density at radius 2 is 1.88 bits per heavy atom. The summed E-state index contributed by atoms with van der Waals surface area (Å²) in [4.78, 5) is 0. The van der Waals surface area contributed by atoms with Gasteiger partial charge in [-0.15, -0.1) is 0 Å². The van der Waals surface area contributed by atoms with Crippen LogP contribution in [-0.4, -0.2) is 6.54 Å². The van der Waals surface area contributed by atoms with Gasteiger partial charge < -0.3 is 5.32 Å². The zero-order valence-electron chi connectivity index (χ0n) is 10.8. The van der Waals surface area contributed by atoms with Gasteiger partial charge in [0.25, 0.3) is 0 Å². The first-order chi connectivity index (χ1) is 8.43. The maximum absolute atomic E-state index is 3.67. The molecule has 1 saturated heterocycles. The van der Waals surface area contributed by atoms with E-state index in [9.17, 15) is 0 Å². The molecular weight excluding hydrogens is 206 g/mol. The van der Waals surface area contributed by atoms with E-state index in [1.807, 2.05) is 0 Å². The maximum atomic E-state index is 3.67. The Hall–Kier alpha value is -0.460. The maximum Gasteiger partial charge on any atom is 0.0144 e. The van der Waals surface area contributed by atoms with Gasteiger partial charge in [0, 0.05) is 18.2 Å². The molecule has 1 nitrogen and oxygen atoms in total. The summed E-state index contributed by atoms with van der Waals surface area (Å²) in [6.07, 6.45) is 14.6. The fourth-order valence-electron chi connectivity index (χ4n) is 5.55. The van der Waals surface area contributed by atoms with Crippen molar-refractivity contribution in [3.8, 4) is 0 Å². The monoisotopic (exact) mass is 231 g/mol. The number of hydrogen-bond acceptors (Lipinski definition) is 1. The lowest BCUT2D eigenvalue weighted by atomic mass is 9.59. The van der Waals surface area contributed by atoms with Crippen molar-refractivity contribution in [2.45, 2.75) is 51.4 Å². The zero-order chi connectivity index (χ0) is 11.2. The van der Waals surface area contributed by atoms with Crippen LogP contribution in [0.15, 0.2) is 11.8 Å². The van der Waals surface area contributed by atoms with E-state index in [0.717, 1.165) is 29.6 Å². The molecule has 0 bridgehead atoms. The smallest absolute Gasteiger partial charge is 0.0144 e. The summed E-state index contributed by atoms with van der Waals surface area (Å²) in [5.74, 6) is 5.24. The van der Waals surface area contributed by atoms with E-state index >= 15 is 0 Å². The van der Waals surface area contributed by atoms with Gasteiger partial charge in [-0.1, -0.05) is 18.9 Å². The Bertz CT molecular complexity index is 332. The van der Waals surface area contributed by atoms with Crippen LogP contribution in [0.5, 0.6) is 0 Å². The van der Waals surface area contributed by atoms with Crippen LogP contribution in [0.2, 0.25) is 0 Å². The fourth-order valence-corrected chi connectivity index (χ4v) is 5.55. The molecule has 0 aromatic rings. The van der Waals surface area contributed by atoms with Gasteiger partial charge in [0.1, 0.15) is 0 Å². The van der Waals surface area contributed by atoms with Crippen LogP contribution in [0.3, 0.4) is 0 Å². The van der Waals surface area contributed by atoms with Crippen LogP contribution >= 0.6 is 0 Å². The van der Waals surface area contributed by atoms with Gasteiger partial charge in [-0.2, -0.15) is 0 Å². The first-order valence-electron chi connectivity index (χ1n) is 7.87. The quantitative estimate of drug-likeness (QED) is 0.670. The minimum absolute atomic E-state index is 0.920. The van der Waals surface area contributed by atoms with Gasteiger partial charge in [-0.25, -0.2) is 0 Å². The van der Waals surface area contributed by atoms with Gasteiger partial charge in [-0.3, -0.25) is 0 Å². The number of allylic oxidation sites excluding steroid dienone is 2. The lowest BCUT2D eigenvalue weighted by Gasteiger charge is -2.48. The number of rotatable bonds is 0. The van der Waals surface area contributed by atoms with Gasteiger partial charge in [-0.05, 0) is 62.2 Å². The van der Waals surface area contributed by atoms with Crippen molar-refractivity contribution >= 4 is 0 Å². The van der Waals surface area contributed by atoms with Crippen LogP contribution < -0.4 is 5.32 Å². The minimum Gasteiger partial charge on any atom is -0.388 e. The molecule has 1 heteroatoms. The fraction of sp³-hybridized carbons (Fsp3) is 0.875. The molecule has 4 rings (SSSR count). The van der Waals surface area contributed by atoms with Gasteiger partial charge in [0.15, 0.2) is 0 Å². The third-order valence-corrected chi connectivity index (χ3v) is 6.24. The number of hydrogen-bond donors (Lipinski definition) is 1. The van der Waals surface area contributed by atoms with Crippen molar-refractivity contribution in [2.24, 2.45) is 29.6 Å². The third kappa shape index (κ3) is 1.57. The molecule has 17 heavy (non-hydrogen) atoms. The average Bonchev–Trinajstić information content (AvgIpc) is 2.86. The van der Waals surface area contributed by atoms with Crippen molar-refractivity contribution in [1.82, 2.24) is 5.32 Å². The van der Waals surface area contributed by atoms with Crippen LogP contribution in [0.4, 0.5) is 0 Å². The molecule has 4 aliphatic rings. The normalized spacial score (nSPS) is 48.5. The Labute approximate surface area is 105 Å². The largest absolute Gasteiger partial charge is 0.388 e. The van der Waals surface area contributed by atoms with E-state index in [2.05, 4.69) is 11.4 Å². The summed E-state index contributed by atoms with van der Waals surface area (Å²) in [6.45, 7) is 1.23. The molecular formula is C16H25N. The predicted octanol–water partition coefficient (Wildman–Crippen LogP) is 3.72. The van der Waals surface area contributed by atoms with Crippen LogP contribution in [-0.2, 0) is 0 Å². The molecule has 0 radical (unpaired) electrons. The molecule has 0 aromatic heterocycles. The van der Waals surface area contributed by atoms with E-state index in [-0.39, 0.29) is 0 Å². The predicted molar refractivity (Wildman–Crippen MR) is 70.5 cm³/mol. The van der Waals surface area contributed by atoms with E-state index in [1.54, 1.807) is 25.0 Å². The van der Waals surface area contributed by atoms with Crippen molar-refractivity contribution in [2.75, 3.05) is 6.54 Å². The molecule has 3 fully saturated rings. The molecule has 3 aliphatic carbocycles. The van der Waals surface area contributed by atoms with E-state index in [4.69, 9.17) is 0 Å². The first kappa shape index (κ1) is 10.5. The van der Waals surface area contributed by atoms with E-state index in [1.165, 1.54) is 38.6 Å². The molecule has 1 aliphatic heterocycles. The minimum atomic E-state index is 0.920. The molecule has 2 saturated carbocycles. The summed E-state index contributed by atoms with van der Waals surface area (Å²) in [5.41, 5.74) is 1.63. The Kier molecular flexibility index (Phi) is 2.48. The molecule has 5 unspecified atom stereocenters. The van der Waals surface area contributed by atoms with Gasteiger partial charge in [0.05, 0.1) is 0 Å². The van der Waals surface area contributed by atoms with Crippen molar-refractivity contribution in [3.05, 3.63) is 11.8 Å². The molecule has 0 aromatic carbocycles. The molecule has 1 N–H and O–H groups in total. The topological polar surface area (TPSA) is 12.0 Å². The number of nitrogens with one attached hydrogen (secondary N) is 1. The first-order valence-corrected chi connectivity index (χ1v) is 7.87. The Morgan fingerprint density at radius 3 is 2.88 bits per heavy atom. The van der Waals surface area contributed by atoms with Crippen LogP contribution in [0.1, 0.15) is 51.4 Å². The molecule has 1 heterocycles. The van der Waals surface area contributed by atoms with E-state index < -0.39 is 0 Å². The van der Waals surface area contributed by atoms with Crippen LogP contribution in [0.25, 0.3) is 0 Å². The molecule has 5 atom stereocenters. The second-order valence-corrected chi connectivity index (χ2v) is 6.83. The molecule has 94 valence electrons. The second kappa shape index (κ2) is 4.03. The Morgan fingerprint density at radius 1 is 0.882 bits per heavy atom. The molecule has 0 amide bonds. The van der Waals surface area contributed by atoms with E-state index in [0.29, 0.717) is 0 Å². The van der Waals surface area contributed by atoms with Crippen molar-refractivity contribution < 1.29 is 0 Å². The lowest BCUT2D eigenvalue weighted by molar-refractivity contribution is 0.0623. The lowest BCUT2D eigenvalue weighted by Crippen LogP contribution is -2.43. The van der Waals surface area contributed by atoms with Gasteiger partial charge >= 0.3 is 0 Å². The second-order valence-electron chi connectivity index (χ2n) is 6.83. The summed E-state index contributed by atoms with van der Waals surface area (Å²) in [5, 5.41) is 3.67. The summed E-state index contributed by atoms with van der Waals surface area (Å²) in [7, 11) is 0. The highest BCUT2D eigenvalue weighted by atomic mass is 14.9. The highest BCUT2D eigenvalue weighted by molar-refractivity contribution is 5.16. The van der Waals surface area contributed by atoms with Gasteiger partial charge in [0.2, 0.25) is 0 Å². The third-order valence-electron chi connectivity index (χ3n) is 6.24. The Balaban J connectivity index is 1.62. The zero-order valence-corrected chi connectivity index (χ0v) is 10.8. The number of fused-ring (bicyclic) bond motifs is 5. The van der Waals surface area contributed by atoms with Crippen molar-refractivity contribution in [1.29, 1.82) is 0 Å². The van der Waals surface area contributed by atoms with Crippen LogP contribution in [0, 0.1) is 29.6 Å². The summed E-state index contributed by atoms with van der Waals surface area (Å²) >= 11 is 0. The highest BCUT2D eigenvalue weighted by Crippen LogP contribution is 2.54. The van der Waals surface area contributed by atoms with Crippen molar-refractivity contribution in [3.63, 3.8) is 0 Å². The number of piperidine rings is 1. The standard InChI is InChI=1S/C16H25N/c1-3-11-6-7-14-13(12(11)4-1)8-9-16-15(14)5-2-10-17-16/h9,11-15,17H,1-8,10H2.